The van der Waals surface area contributed by atoms with E-state index in [1.165, 1.54) is 5.69 Å². The monoisotopic (exact) mass is 480 g/mol. The van der Waals surface area contributed by atoms with Crippen LogP contribution >= 0.6 is 0 Å². The van der Waals surface area contributed by atoms with E-state index in [0.717, 1.165) is 61.9 Å². The fourth-order valence-corrected chi connectivity index (χ4v) is 4.58. The van der Waals surface area contributed by atoms with E-state index >= 15 is 0 Å². The molecule has 0 radical (unpaired) electrons. The fourth-order valence-electron chi connectivity index (χ4n) is 4.58. The van der Waals surface area contributed by atoms with E-state index < -0.39 is 0 Å². The van der Waals surface area contributed by atoms with Crippen molar-refractivity contribution in [1.82, 2.24) is 10.2 Å². The Morgan fingerprint density at radius 1 is 1.00 bits per heavy atom. The molecule has 0 atom stereocenters. The van der Waals surface area contributed by atoms with Crippen LogP contribution in [-0.2, 0) is 9.59 Å². The van der Waals surface area contributed by atoms with Crippen molar-refractivity contribution in [3.05, 3.63) is 48.0 Å². The molecule has 8 nitrogen and oxygen atoms in total. The minimum Gasteiger partial charge on any atom is -0.497 e. The predicted octanol–water partition coefficient (Wildman–Crippen LogP) is 2.84. The highest BCUT2D eigenvalue weighted by atomic mass is 16.5. The molecule has 0 spiro atoms. The molecule has 188 valence electrons. The lowest BCUT2D eigenvalue weighted by molar-refractivity contribution is -0.125. The van der Waals surface area contributed by atoms with Crippen LogP contribution in [0, 0.1) is 6.92 Å². The summed E-state index contributed by atoms with van der Waals surface area (Å²) < 4.78 is 10.9. The maximum Gasteiger partial charge on any atom is 0.227 e. The molecule has 2 aromatic carbocycles. The maximum atomic E-state index is 12.7. The van der Waals surface area contributed by atoms with Gasteiger partial charge in [0.25, 0.3) is 0 Å². The maximum absolute atomic E-state index is 12.7. The third-order valence-electron chi connectivity index (χ3n) is 6.63. The number of aryl methyl sites for hydroxylation is 1. The second-order valence-corrected chi connectivity index (χ2v) is 9.10. The van der Waals surface area contributed by atoms with E-state index in [0.29, 0.717) is 19.7 Å². The molecule has 0 aromatic heterocycles. The molecule has 2 aliphatic rings. The zero-order valence-electron chi connectivity index (χ0n) is 20.8. The van der Waals surface area contributed by atoms with E-state index in [-0.39, 0.29) is 24.7 Å². The van der Waals surface area contributed by atoms with Crippen LogP contribution < -0.4 is 24.6 Å². The predicted molar refractivity (Wildman–Crippen MR) is 138 cm³/mol. The summed E-state index contributed by atoms with van der Waals surface area (Å²) in [5.41, 5.74) is 3.10. The Labute approximate surface area is 207 Å². The van der Waals surface area contributed by atoms with Crippen molar-refractivity contribution < 1.29 is 19.1 Å². The molecule has 1 N–H and O–H groups in total. The molecule has 0 saturated carbocycles. The SMILES string of the molecule is COc1ccc(N2CCN(CCCNC(=O)CCC(=O)N3CCOc4ccc(C)cc43)CC2)cc1. The molecule has 4 rings (SSSR count). The van der Waals surface area contributed by atoms with Crippen molar-refractivity contribution in [3.63, 3.8) is 0 Å². The van der Waals surface area contributed by atoms with Crippen molar-refractivity contribution in [2.75, 3.05) is 69.3 Å². The third-order valence-corrected chi connectivity index (χ3v) is 6.63. The van der Waals surface area contributed by atoms with Crippen molar-refractivity contribution in [3.8, 4) is 11.5 Å². The van der Waals surface area contributed by atoms with Gasteiger partial charge in [0, 0.05) is 51.3 Å². The number of carbonyl (C=O) groups excluding carboxylic acids is 2. The Morgan fingerprint density at radius 3 is 2.51 bits per heavy atom. The van der Waals surface area contributed by atoms with Crippen LogP contribution in [0.3, 0.4) is 0 Å². The number of fused-ring (bicyclic) bond motifs is 1. The minimum absolute atomic E-state index is 0.0370. The lowest BCUT2D eigenvalue weighted by Crippen LogP contribution is -2.47. The van der Waals surface area contributed by atoms with Crippen molar-refractivity contribution in [2.24, 2.45) is 0 Å². The average Bonchev–Trinajstić information content (AvgIpc) is 2.89. The van der Waals surface area contributed by atoms with Gasteiger partial charge >= 0.3 is 0 Å². The summed E-state index contributed by atoms with van der Waals surface area (Å²) >= 11 is 0. The van der Waals surface area contributed by atoms with Crippen LogP contribution in [-0.4, -0.2) is 76.2 Å². The Hall–Kier alpha value is -3.26. The molecule has 2 aromatic rings. The van der Waals surface area contributed by atoms with Gasteiger partial charge in [0.15, 0.2) is 0 Å². The number of hydrogen-bond donors (Lipinski definition) is 1. The number of benzene rings is 2. The minimum atomic E-state index is -0.0691. The first kappa shape index (κ1) is 24.9. The molecule has 0 unspecified atom stereocenters. The third kappa shape index (κ3) is 6.66. The van der Waals surface area contributed by atoms with Crippen LogP contribution in [0.4, 0.5) is 11.4 Å². The van der Waals surface area contributed by atoms with Gasteiger partial charge in [0.2, 0.25) is 11.8 Å². The van der Waals surface area contributed by atoms with Crippen LogP contribution in [0.2, 0.25) is 0 Å². The molecular weight excluding hydrogens is 444 g/mol. The lowest BCUT2D eigenvalue weighted by Gasteiger charge is -2.36. The van der Waals surface area contributed by atoms with Crippen LogP contribution in [0.25, 0.3) is 0 Å². The first-order chi connectivity index (χ1) is 17.0. The Bertz CT molecular complexity index is 1000. The summed E-state index contributed by atoms with van der Waals surface area (Å²) in [4.78, 5) is 31.6. The van der Waals surface area contributed by atoms with Gasteiger partial charge in [-0.1, -0.05) is 6.07 Å². The lowest BCUT2D eigenvalue weighted by atomic mass is 10.1. The average molecular weight is 481 g/mol. The zero-order chi connectivity index (χ0) is 24.6. The summed E-state index contributed by atoms with van der Waals surface area (Å²) in [5, 5.41) is 2.97. The highest BCUT2D eigenvalue weighted by Crippen LogP contribution is 2.32. The number of ether oxygens (including phenoxy) is 2. The molecule has 35 heavy (non-hydrogen) atoms. The molecule has 1 fully saturated rings. The zero-order valence-corrected chi connectivity index (χ0v) is 20.8. The molecule has 1 saturated heterocycles. The first-order valence-electron chi connectivity index (χ1n) is 12.5. The molecule has 8 heteroatoms. The van der Waals surface area contributed by atoms with Gasteiger partial charge in [-0.25, -0.2) is 0 Å². The van der Waals surface area contributed by atoms with E-state index in [9.17, 15) is 9.59 Å². The van der Waals surface area contributed by atoms with Gasteiger partial charge in [-0.3, -0.25) is 14.5 Å². The highest BCUT2D eigenvalue weighted by molar-refractivity contribution is 5.97. The normalized spacial score (nSPS) is 15.8. The van der Waals surface area contributed by atoms with Crippen LogP contribution in [0.1, 0.15) is 24.8 Å². The van der Waals surface area contributed by atoms with Gasteiger partial charge in [0.1, 0.15) is 18.1 Å². The van der Waals surface area contributed by atoms with Crippen molar-refractivity contribution >= 4 is 23.2 Å². The second-order valence-electron chi connectivity index (χ2n) is 9.10. The number of piperazine rings is 1. The number of hydrogen-bond acceptors (Lipinski definition) is 6. The summed E-state index contributed by atoms with van der Waals surface area (Å²) in [6.45, 7) is 8.57. The number of anilines is 2. The Balaban J connectivity index is 1.11. The van der Waals surface area contributed by atoms with Gasteiger partial charge in [-0.2, -0.15) is 0 Å². The summed E-state index contributed by atoms with van der Waals surface area (Å²) in [5.74, 6) is 1.50. The number of nitrogens with zero attached hydrogens (tertiary/aromatic N) is 3. The van der Waals surface area contributed by atoms with E-state index in [2.05, 4.69) is 27.2 Å². The van der Waals surface area contributed by atoms with Gasteiger partial charge in [0.05, 0.1) is 19.3 Å². The standard InChI is InChI=1S/C27H36N4O4/c1-21-4-9-25-24(20-21)31(18-19-35-25)27(33)11-10-26(32)28-12-3-13-29-14-16-30(17-15-29)22-5-7-23(34-2)8-6-22/h4-9,20H,3,10-19H2,1-2H3,(H,28,32). The molecule has 0 aliphatic carbocycles. The summed E-state index contributed by atoms with van der Waals surface area (Å²) in [6.07, 6.45) is 1.31. The van der Waals surface area contributed by atoms with E-state index in [1.54, 1.807) is 12.0 Å². The number of carbonyl (C=O) groups is 2. The number of rotatable bonds is 9. The van der Waals surface area contributed by atoms with E-state index in [4.69, 9.17) is 9.47 Å². The molecule has 2 aliphatic heterocycles. The Morgan fingerprint density at radius 2 is 1.77 bits per heavy atom. The molecule has 2 amide bonds. The van der Waals surface area contributed by atoms with Gasteiger partial charge in [-0.15, -0.1) is 0 Å². The largest absolute Gasteiger partial charge is 0.497 e. The van der Waals surface area contributed by atoms with Crippen molar-refractivity contribution in [1.29, 1.82) is 0 Å². The van der Waals surface area contributed by atoms with Crippen molar-refractivity contribution in [2.45, 2.75) is 26.2 Å². The molecule has 2 heterocycles. The molecular formula is C27H36N4O4. The Kier molecular flexibility index (Phi) is 8.47. The topological polar surface area (TPSA) is 74.4 Å². The fraction of sp³-hybridized carbons (Fsp3) is 0.481. The second kappa shape index (κ2) is 11.9. The summed E-state index contributed by atoms with van der Waals surface area (Å²) in [6, 6.07) is 14.0. The van der Waals surface area contributed by atoms with Crippen LogP contribution in [0.15, 0.2) is 42.5 Å². The number of methoxy groups -OCH3 is 1. The smallest absolute Gasteiger partial charge is 0.227 e. The number of nitrogens with one attached hydrogen (secondary N) is 1. The highest BCUT2D eigenvalue weighted by Gasteiger charge is 2.24. The van der Waals surface area contributed by atoms with Crippen LogP contribution in [0.5, 0.6) is 11.5 Å². The molecule has 0 bridgehead atoms. The van der Waals surface area contributed by atoms with Gasteiger partial charge in [-0.05, 0) is 61.9 Å². The number of amides is 2. The summed E-state index contributed by atoms with van der Waals surface area (Å²) in [7, 11) is 1.68. The quantitative estimate of drug-likeness (QED) is 0.557. The van der Waals surface area contributed by atoms with E-state index in [1.807, 2.05) is 37.3 Å². The first-order valence-corrected chi connectivity index (χ1v) is 12.5. The van der Waals surface area contributed by atoms with Gasteiger partial charge < -0.3 is 24.6 Å².